The summed E-state index contributed by atoms with van der Waals surface area (Å²) in [5.74, 6) is -0.350. The van der Waals surface area contributed by atoms with Crippen LogP contribution >= 0.6 is 0 Å². The lowest BCUT2D eigenvalue weighted by Gasteiger charge is -2.13. The molecule has 0 rings (SSSR count). The van der Waals surface area contributed by atoms with Gasteiger partial charge in [0.25, 0.3) is 0 Å². The van der Waals surface area contributed by atoms with E-state index < -0.39 is 12.6 Å². The number of hydrogen-bond acceptors (Lipinski definition) is 2. The van der Waals surface area contributed by atoms with E-state index in [2.05, 4.69) is 5.32 Å². The molecule has 0 aromatic heterocycles. The highest BCUT2D eigenvalue weighted by atomic mass is 19.4. The topological polar surface area (TPSA) is 55.1 Å². The zero-order valence-corrected chi connectivity index (χ0v) is 11.0. The van der Waals surface area contributed by atoms with Crippen molar-refractivity contribution in [1.29, 1.82) is 0 Å². The molecule has 0 radical (unpaired) electrons. The average molecular weight is 268 g/mol. The zero-order chi connectivity index (χ0) is 14.2. The molecule has 0 aromatic rings. The van der Waals surface area contributed by atoms with Gasteiger partial charge in [-0.3, -0.25) is 4.79 Å². The van der Waals surface area contributed by atoms with Crippen LogP contribution in [0.1, 0.15) is 46.0 Å². The van der Waals surface area contributed by atoms with Gasteiger partial charge in [0.1, 0.15) is 0 Å². The van der Waals surface area contributed by atoms with Crippen molar-refractivity contribution in [2.45, 2.75) is 58.2 Å². The van der Waals surface area contributed by atoms with Crippen molar-refractivity contribution in [3.63, 3.8) is 0 Å². The molecule has 108 valence electrons. The van der Waals surface area contributed by atoms with Gasteiger partial charge in [0.05, 0.1) is 0 Å². The van der Waals surface area contributed by atoms with E-state index in [1.807, 2.05) is 6.92 Å². The molecule has 0 aliphatic heterocycles. The summed E-state index contributed by atoms with van der Waals surface area (Å²) < 4.78 is 35.6. The number of rotatable bonds is 8. The van der Waals surface area contributed by atoms with E-state index >= 15 is 0 Å². The molecule has 0 saturated heterocycles. The summed E-state index contributed by atoms with van der Waals surface area (Å²) in [5, 5.41) is 2.52. The van der Waals surface area contributed by atoms with Crippen LogP contribution in [0.15, 0.2) is 0 Å². The molecule has 18 heavy (non-hydrogen) atoms. The summed E-state index contributed by atoms with van der Waals surface area (Å²) in [7, 11) is 0. The summed E-state index contributed by atoms with van der Waals surface area (Å²) in [4.78, 5) is 11.5. The number of alkyl halides is 3. The van der Waals surface area contributed by atoms with Crippen LogP contribution < -0.4 is 11.1 Å². The van der Waals surface area contributed by atoms with Gasteiger partial charge in [-0.2, -0.15) is 13.2 Å². The molecule has 6 heteroatoms. The molecule has 0 saturated carbocycles. The monoisotopic (exact) mass is 268 g/mol. The van der Waals surface area contributed by atoms with Crippen molar-refractivity contribution in [2.24, 2.45) is 11.7 Å². The van der Waals surface area contributed by atoms with Crippen molar-refractivity contribution < 1.29 is 18.0 Å². The number of halogens is 3. The summed E-state index contributed by atoms with van der Waals surface area (Å²) in [6.45, 7) is 3.76. The van der Waals surface area contributed by atoms with Crippen molar-refractivity contribution in [2.75, 3.05) is 6.54 Å². The maximum atomic E-state index is 11.9. The molecular formula is C12H23F3N2O. The molecule has 0 bridgehead atoms. The Hall–Kier alpha value is -0.780. The minimum absolute atomic E-state index is 0.0677. The van der Waals surface area contributed by atoms with E-state index in [-0.39, 0.29) is 30.8 Å². The molecular weight excluding hydrogens is 245 g/mol. The maximum absolute atomic E-state index is 11.9. The first-order valence-electron chi connectivity index (χ1n) is 6.32. The zero-order valence-electron chi connectivity index (χ0n) is 11.0. The first-order valence-corrected chi connectivity index (χ1v) is 6.32. The quantitative estimate of drug-likeness (QED) is 0.665. The van der Waals surface area contributed by atoms with Crippen LogP contribution in [0.3, 0.4) is 0 Å². The fourth-order valence-corrected chi connectivity index (χ4v) is 1.55. The standard InChI is InChI=1S/C12H23F3N2O/c1-9(5-3-6-10(2)16)11(18)17-8-4-7-12(13,14)15/h9-10H,3-8,16H2,1-2H3,(H,17,18). The lowest BCUT2D eigenvalue weighted by molar-refractivity contribution is -0.136. The fourth-order valence-electron chi connectivity index (χ4n) is 1.55. The van der Waals surface area contributed by atoms with E-state index in [1.165, 1.54) is 0 Å². The number of carbonyl (C=O) groups is 1. The van der Waals surface area contributed by atoms with E-state index in [0.29, 0.717) is 6.42 Å². The summed E-state index contributed by atoms with van der Waals surface area (Å²) in [6, 6.07) is 0.118. The van der Waals surface area contributed by atoms with Crippen molar-refractivity contribution >= 4 is 5.91 Å². The number of hydrogen-bond donors (Lipinski definition) is 2. The van der Waals surface area contributed by atoms with Gasteiger partial charge in [-0.25, -0.2) is 0 Å². The minimum Gasteiger partial charge on any atom is -0.356 e. The number of nitrogens with two attached hydrogens (primary N) is 1. The third-order valence-electron chi connectivity index (χ3n) is 2.68. The molecule has 1 amide bonds. The van der Waals surface area contributed by atoms with Gasteiger partial charge in [-0.1, -0.05) is 13.3 Å². The Morgan fingerprint density at radius 2 is 1.83 bits per heavy atom. The largest absolute Gasteiger partial charge is 0.389 e. The summed E-state index contributed by atoms with van der Waals surface area (Å²) in [5.41, 5.74) is 5.59. The molecule has 3 N–H and O–H groups in total. The van der Waals surface area contributed by atoms with Crippen LogP contribution in [0.4, 0.5) is 13.2 Å². The Labute approximate surface area is 106 Å². The highest BCUT2D eigenvalue weighted by Crippen LogP contribution is 2.20. The SMILES string of the molecule is CC(N)CCCC(C)C(=O)NCCCC(F)(F)F. The van der Waals surface area contributed by atoms with Crippen LogP contribution in [0.5, 0.6) is 0 Å². The lowest BCUT2D eigenvalue weighted by atomic mass is 10.0. The smallest absolute Gasteiger partial charge is 0.356 e. The Morgan fingerprint density at radius 3 is 2.33 bits per heavy atom. The van der Waals surface area contributed by atoms with Gasteiger partial charge in [-0.15, -0.1) is 0 Å². The Kier molecular flexibility index (Phi) is 7.98. The third-order valence-corrected chi connectivity index (χ3v) is 2.68. The Bertz CT molecular complexity index is 242. The van der Waals surface area contributed by atoms with Gasteiger partial charge in [-0.05, 0) is 26.2 Å². The molecule has 3 nitrogen and oxygen atoms in total. The third kappa shape index (κ3) is 10.4. The Morgan fingerprint density at radius 1 is 1.22 bits per heavy atom. The molecule has 0 aliphatic carbocycles. The molecule has 0 fully saturated rings. The van der Waals surface area contributed by atoms with Gasteiger partial charge in [0, 0.05) is 24.9 Å². The summed E-state index contributed by atoms with van der Waals surface area (Å²) >= 11 is 0. The molecule has 0 aromatic carbocycles. The first-order chi connectivity index (χ1) is 8.22. The second-order valence-electron chi connectivity index (χ2n) is 4.82. The average Bonchev–Trinajstić information content (AvgIpc) is 2.22. The van der Waals surface area contributed by atoms with Gasteiger partial charge < -0.3 is 11.1 Å². The van der Waals surface area contributed by atoms with Crippen LogP contribution in [0.25, 0.3) is 0 Å². The normalized spacial score (nSPS) is 15.2. The molecule has 0 aliphatic rings. The molecule has 2 unspecified atom stereocenters. The Balaban J connectivity index is 3.62. The van der Waals surface area contributed by atoms with Gasteiger partial charge in [0.2, 0.25) is 5.91 Å². The predicted molar refractivity (Wildman–Crippen MR) is 65.0 cm³/mol. The number of carbonyl (C=O) groups excluding carboxylic acids is 1. The molecule has 0 spiro atoms. The predicted octanol–water partition coefficient (Wildman–Crippen LogP) is 2.60. The maximum Gasteiger partial charge on any atom is 0.389 e. The highest BCUT2D eigenvalue weighted by Gasteiger charge is 2.26. The van der Waals surface area contributed by atoms with Crippen molar-refractivity contribution in [3.05, 3.63) is 0 Å². The van der Waals surface area contributed by atoms with E-state index in [9.17, 15) is 18.0 Å². The van der Waals surface area contributed by atoms with E-state index in [1.54, 1.807) is 6.92 Å². The van der Waals surface area contributed by atoms with Crippen LogP contribution in [0, 0.1) is 5.92 Å². The second kappa shape index (κ2) is 8.34. The first kappa shape index (κ1) is 17.2. The fraction of sp³-hybridized carbons (Fsp3) is 0.917. The number of nitrogens with one attached hydrogen (secondary N) is 1. The van der Waals surface area contributed by atoms with Crippen molar-refractivity contribution in [1.82, 2.24) is 5.32 Å². The molecule has 2 atom stereocenters. The van der Waals surface area contributed by atoms with Crippen LogP contribution in [0.2, 0.25) is 0 Å². The minimum atomic E-state index is -4.15. The van der Waals surface area contributed by atoms with E-state index in [4.69, 9.17) is 5.73 Å². The summed E-state index contributed by atoms with van der Waals surface area (Å²) in [6.07, 6.45) is -2.64. The second-order valence-corrected chi connectivity index (χ2v) is 4.82. The van der Waals surface area contributed by atoms with Gasteiger partial charge in [0.15, 0.2) is 0 Å². The lowest BCUT2D eigenvalue weighted by Crippen LogP contribution is -2.30. The molecule has 0 heterocycles. The van der Waals surface area contributed by atoms with Crippen LogP contribution in [-0.4, -0.2) is 24.7 Å². The van der Waals surface area contributed by atoms with Crippen LogP contribution in [-0.2, 0) is 4.79 Å². The number of amides is 1. The highest BCUT2D eigenvalue weighted by molar-refractivity contribution is 5.78. The van der Waals surface area contributed by atoms with E-state index in [0.717, 1.165) is 12.8 Å². The van der Waals surface area contributed by atoms with Crippen molar-refractivity contribution in [3.8, 4) is 0 Å². The van der Waals surface area contributed by atoms with Gasteiger partial charge >= 0.3 is 6.18 Å².